The van der Waals surface area contributed by atoms with Crippen molar-refractivity contribution in [1.29, 1.82) is 0 Å². The second-order valence-electron chi connectivity index (χ2n) is 5.92. The summed E-state index contributed by atoms with van der Waals surface area (Å²) >= 11 is 0. The first-order valence-electron chi connectivity index (χ1n) is 6.63. The molecule has 7 nitrogen and oxygen atoms in total. The number of carboxylic acid groups (broad SMARTS) is 1. The average Bonchev–Trinajstić information content (AvgIpc) is 2.78. The number of carboxylic acids is 1. The van der Waals surface area contributed by atoms with Gasteiger partial charge < -0.3 is 20.7 Å². The van der Waals surface area contributed by atoms with Crippen molar-refractivity contribution in [3.63, 3.8) is 0 Å². The molecule has 1 aliphatic carbocycles. The number of nitrogens with zero attached hydrogens (tertiary/aromatic N) is 1. The number of nitrogens with one attached hydrogen (secondary N) is 3. The number of amides is 2. The molecule has 0 aromatic carbocycles. The number of H-pyrrole nitrogens is 1. The quantitative estimate of drug-likeness (QED) is 0.616. The zero-order valence-corrected chi connectivity index (χ0v) is 11.6. The van der Waals surface area contributed by atoms with Crippen molar-refractivity contribution in [1.82, 2.24) is 20.6 Å². The van der Waals surface area contributed by atoms with E-state index in [9.17, 15) is 9.59 Å². The summed E-state index contributed by atoms with van der Waals surface area (Å²) in [6.45, 7) is 4.88. The van der Waals surface area contributed by atoms with Gasteiger partial charge in [0.05, 0.1) is 6.33 Å². The van der Waals surface area contributed by atoms with Crippen molar-refractivity contribution in [2.45, 2.75) is 32.7 Å². The maximum Gasteiger partial charge on any atom is 0.326 e. The normalized spacial score (nSPS) is 21.0. The molecule has 1 aliphatic rings. The van der Waals surface area contributed by atoms with Crippen molar-refractivity contribution in [2.24, 2.45) is 11.3 Å². The van der Waals surface area contributed by atoms with Gasteiger partial charge in [0.15, 0.2) is 0 Å². The molecule has 2 rings (SSSR count). The van der Waals surface area contributed by atoms with Crippen LogP contribution in [0.15, 0.2) is 12.5 Å². The van der Waals surface area contributed by atoms with Crippen LogP contribution in [0.25, 0.3) is 0 Å². The fourth-order valence-corrected chi connectivity index (χ4v) is 2.17. The van der Waals surface area contributed by atoms with Crippen LogP contribution in [0.3, 0.4) is 0 Å². The molecule has 1 aromatic heterocycles. The summed E-state index contributed by atoms with van der Waals surface area (Å²) < 4.78 is 0. The summed E-state index contributed by atoms with van der Waals surface area (Å²) in [5.74, 6) is -0.592. The minimum Gasteiger partial charge on any atom is -0.480 e. The Bertz CT molecular complexity index is 484. The van der Waals surface area contributed by atoms with Gasteiger partial charge in [0.25, 0.3) is 0 Å². The molecular weight excluding hydrogens is 260 g/mol. The van der Waals surface area contributed by atoms with Crippen molar-refractivity contribution in [3.05, 3.63) is 18.2 Å². The molecule has 0 aliphatic heterocycles. The number of imidazole rings is 1. The third kappa shape index (κ3) is 3.72. The molecule has 1 saturated carbocycles. The van der Waals surface area contributed by atoms with Crippen LogP contribution in [0, 0.1) is 11.3 Å². The second-order valence-corrected chi connectivity index (χ2v) is 5.92. The van der Waals surface area contributed by atoms with Gasteiger partial charge in [-0.3, -0.25) is 0 Å². The Hall–Kier alpha value is -2.05. The van der Waals surface area contributed by atoms with Crippen LogP contribution in [0.2, 0.25) is 0 Å². The molecule has 4 N–H and O–H groups in total. The lowest BCUT2D eigenvalue weighted by Gasteiger charge is -2.14. The first-order chi connectivity index (χ1) is 9.38. The highest BCUT2D eigenvalue weighted by molar-refractivity contribution is 5.82. The molecule has 0 saturated heterocycles. The van der Waals surface area contributed by atoms with Gasteiger partial charge in [-0.1, -0.05) is 13.8 Å². The molecule has 1 fully saturated rings. The van der Waals surface area contributed by atoms with Crippen LogP contribution >= 0.6 is 0 Å². The van der Waals surface area contributed by atoms with Gasteiger partial charge in [0.1, 0.15) is 6.04 Å². The van der Waals surface area contributed by atoms with Crippen molar-refractivity contribution >= 4 is 12.0 Å². The largest absolute Gasteiger partial charge is 0.480 e. The molecule has 110 valence electrons. The zero-order valence-electron chi connectivity index (χ0n) is 11.6. The maximum atomic E-state index is 11.7. The molecule has 1 unspecified atom stereocenters. The van der Waals surface area contributed by atoms with E-state index in [4.69, 9.17) is 5.11 Å². The van der Waals surface area contributed by atoms with Crippen molar-refractivity contribution in [3.8, 4) is 0 Å². The molecule has 1 aromatic rings. The van der Waals surface area contributed by atoms with Gasteiger partial charge in [-0.15, -0.1) is 0 Å². The SMILES string of the molecule is CC1(C)CC1CNC(=O)N[C@H](Cc1cnc[nH]1)C(=O)O. The molecule has 0 radical (unpaired) electrons. The number of carbonyl (C=O) groups excluding carboxylic acids is 1. The van der Waals surface area contributed by atoms with E-state index < -0.39 is 18.0 Å². The van der Waals surface area contributed by atoms with Crippen molar-refractivity contribution in [2.75, 3.05) is 6.54 Å². The Labute approximate surface area is 117 Å². The van der Waals surface area contributed by atoms with E-state index in [1.807, 2.05) is 0 Å². The standard InChI is InChI=1S/C13H20N4O3/c1-13(2)4-8(13)5-15-12(20)17-10(11(18)19)3-9-6-14-7-16-9/h6-8,10H,3-5H2,1-2H3,(H,14,16)(H,18,19)(H2,15,17,20)/t8?,10-/m1/s1. The second kappa shape index (κ2) is 5.52. The van der Waals surface area contributed by atoms with Crippen LogP contribution in [0.5, 0.6) is 0 Å². The van der Waals surface area contributed by atoms with E-state index in [1.165, 1.54) is 6.33 Å². The summed E-state index contributed by atoms with van der Waals surface area (Å²) in [7, 11) is 0. The first kappa shape index (κ1) is 14.4. The van der Waals surface area contributed by atoms with Crippen LogP contribution in [0.4, 0.5) is 4.79 Å². The summed E-state index contributed by atoms with van der Waals surface area (Å²) in [6.07, 6.45) is 4.28. The minimum absolute atomic E-state index is 0.178. The Morgan fingerprint density at radius 1 is 1.60 bits per heavy atom. The predicted octanol–water partition coefficient (Wildman–Crippen LogP) is 0.751. The van der Waals surface area contributed by atoms with E-state index in [1.54, 1.807) is 6.20 Å². The molecular formula is C13H20N4O3. The number of aromatic amines is 1. The van der Waals surface area contributed by atoms with E-state index >= 15 is 0 Å². The number of aliphatic carboxylic acids is 1. The van der Waals surface area contributed by atoms with Gasteiger partial charge in [-0.05, 0) is 17.8 Å². The van der Waals surface area contributed by atoms with E-state index in [0.29, 0.717) is 18.2 Å². The van der Waals surface area contributed by atoms with Crippen LogP contribution < -0.4 is 10.6 Å². The van der Waals surface area contributed by atoms with Gasteiger partial charge >= 0.3 is 12.0 Å². The summed E-state index contributed by atoms with van der Waals surface area (Å²) in [4.78, 5) is 29.5. The number of carbonyl (C=O) groups is 2. The molecule has 0 spiro atoms. The van der Waals surface area contributed by atoms with Crippen LogP contribution in [0.1, 0.15) is 26.0 Å². The van der Waals surface area contributed by atoms with E-state index in [0.717, 1.165) is 6.42 Å². The highest BCUT2D eigenvalue weighted by Crippen LogP contribution is 2.50. The number of hydrogen-bond acceptors (Lipinski definition) is 3. The number of rotatable bonds is 6. The fourth-order valence-electron chi connectivity index (χ4n) is 2.17. The zero-order chi connectivity index (χ0) is 14.8. The number of hydrogen-bond donors (Lipinski definition) is 4. The molecule has 0 bridgehead atoms. The summed E-state index contributed by atoms with van der Waals surface area (Å²) in [5.41, 5.74) is 0.955. The molecule has 7 heteroatoms. The van der Waals surface area contributed by atoms with Crippen molar-refractivity contribution < 1.29 is 14.7 Å². The van der Waals surface area contributed by atoms with E-state index in [2.05, 4.69) is 34.4 Å². The lowest BCUT2D eigenvalue weighted by Crippen LogP contribution is -2.47. The monoisotopic (exact) mass is 280 g/mol. The fraction of sp³-hybridized carbons (Fsp3) is 0.615. The highest BCUT2D eigenvalue weighted by atomic mass is 16.4. The van der Waals surface area contributed by atoms with Gasteiger partial charge in [-0.25, -0.2) is 14.6 Å². The minimum atomic E-state index is -1.07. The topological polar surface area (TPSA) is 107 Å². The van der Waals surface area contributed by atoms with Gasteiger partial charge in [-0.2, -0.15) is 0 Å². The molecule has 20 heavy (non-hydrogen) atoms. The highest BCUT2D eigenvalue weighted by Gasteiger charge is 2.45. The predicted molar refractivity (Wildman–Crippen MR) is 72.1 cm³/mol. The first-order valence-corrected chi connectivity index (χ1v) is 6.63. The lowest BCUT2D eigenvalue weighted by atomic mass is 10.1. The molecule has 2 atom stereocenters. The maximum absolute atomic E-state index is 11.7. The van der Waals surface area contributed by atoms with Gasteiger partial charge in [0, 0.05) is 24.9 Å². The molecule has 1 heterocycles. The lowest BCUT2D eigenvalue weighted by molar-refractivity contribution is -0.139. The Kier molecular flexibility index (Phi) is 3.96. The third-order valence-corrected chi connectivity index (χ3v) is 3.81. The molecule has 2 amide bonds. The smallest absolute Gasteiger partial charge is 0.326 e. The van der Waals surface area contributed by atoms with E-state index in [-0.39, 0.29) is 11.8 Å². The Morgan fingerprint density at radius 3 is 2.80 bits per heavy atom. The number of aromatic nitrogens is 2. The Balaban J connectivity index is 1.79. The average molecular weight is 280 g/mol. The van der Waals surface area contributed by atoms with Crippen LogP contribution in [-0.4, -0.2) is 39.7 Å². The summed E-state index contributed by atoms with van der Waals surface area (Å²) in [5, 5.41) is 14.3. The summed E-state index contributed by atoms with van der Waals surface area (Å²) in [6, 6.07) is -1.41. The third-order valence-electron chi connectivity index (χ3n) is 3.81. The Morgan fingerprint density at radius 2 is 2.30 bits per heavy atom. The number of urea groups is 1. The van der Waals surface area contributed by atoms with Gasteiger partial charge in [0.2, 0.25) is 0 Å². The van der Waals surface area contributed by atoms with Crippen LogP contribution in [-0.2, 0) is 11.2 Å².